The van der Waals surface area contributed by atoms with Crippen molar-refractivity contribution in [3.63, 3.8) is 0 Å². The lowest BCUT2D eigenvalue weighted by molar-refractivity contribution is -0.0588. The predicted molar refractivity (Wildman–Crippen MR) is 114 cm³/mol. The maximum Gasteiger partial charge on any atom is 0.143 e. The Morgan fingerprint density at radius 1 is 1.03 bits per heavy atom. The first-order valence-corrected chi connectivity index (χ1v) is 10.2. The normalized spacial score (nSPS) is 20.0. The molecular weight excluding hydrogens is 364 g/mol. The fourth-order valence-corrected chi connectivity index (χ4v) is 4.61. The molecule has 2 N–H and O–H groups in total. The van der Waals surface area contributed by atoms with Gasteiger partial charge in [0.05, 0.1) is 12.2 Å². The number of ether oxygens (including phenoxy) is 1. The predicted octanol–water partition coefficient (Wildman–Crippen LogP) is 4.51. The second-order valence-electron chi connectivity index (χ2n) is 9.43. The van der Waals surface area contributed by atoms with E-state index in [4.69, 9.17) is 4.74 Å². The van der Waals surface area contributed by atoms with Gasteiger partial charge in [-0.15, -0.1) is 15.0 Å². The number of nitrogens with one attached hydrogen (secondary N) is 1. The van der Waals surface area contributed by atoms with Gasteiger partial charge in [0.2, 0.25) is 0 Å². The standard InChI is InChI=1S/C23H30N4O2/c1-15(29-17-13-22(2,3)26-23(4,5)14-17)16-10-11-21(28)20(12-16)27-24-18-8-6-7-9-19(18)25-27/h6-12,15,17,26,28H,13-14H2,1-5H3. The second kappa shape index (κ2) is 7.11. The average Bonchev–Trinajstić information content (AvgIpc) is 3.03. The van der Waals surface area contributed by atoms with Crippen molar-refractivity contribution in [2.45, 2.75) is 70.7 Å². The van der Waals surface area contributed by atoms with Crippen LogP contribution in [0.25, 0.3) is 16.7 Å². The lowest BCUT2D eigenvalue weighted by atomic mass is 9.81. The van der Waals surface area contributed by atoms with E-state index in [-0.39, 0.29) is 29.0 Å². The van der Waals surface area contributed by atoms with Crippen LogP contribution < -0.4 is 5.32 Å². The number of hydrogen-bond acceptors (Lipinski definition) is 5. The topological polar surface area (TPSA) is 72.2 Å². The molecule has 0 radical (unpaired) electrons. The second-order valence-corrected chi connectivity index (χ2v) is 9.43. The molecule has 0 saturated carbocycles. The van der Waals surface area contributed by atoms with Crippen LogP contribution in [0.4, 0.5) is 0 Å². The lowest BCUT2D eigenvalue weighted by Crippen LogP contribution is -2.59. The first kappa shape index (κ1) is 19.9. The van der Waals surface area contributed by atoms with Gasteiger partial charge < -0.3 is 15.2 Å². The molecule has 1 atom stereocenters. The zero-order valence-electron chi connectivity index (χ0n) is 17.8. The molecule has 3 aromatic rings. The summed E-state index contributed by atoms with van der Waals surface area (Å²) in [5.74, 6) is 0.144. The van der Waals surface area contributed by atoms with Crippen molar-refractivity contribution in [1.82, 2.24) is 20.3 Å². The Bertz CT molecular complexity index is 976. The van der Waals surface area contributed by atoms with Crippen LogP contribution in [-0.4, -0.2) is 37.3 Å². The summed E-state index contributed by atoms with van der Waals surface area (Å²) in [5, 5.41) is 23.1. The Labute approximate surface area is 171 Å². The molecule has 1 aromatic heterocycles. The van der Waals surface area contributed by atoms with Gasteiger partial charge >= 0.3 is 0 Å². The van der Waals surface area contributed by atoms with E-state index in [1.54, 1.807) is 6.07 Å². The number of fused-ring (bicyclic) bond motifs is 1. The fourth-order valence-electron chi connectivity index (χ4n) is 4.61. The lowest BCUT2D eigenvalue weighted by Gasteiger charge is -2.46. The van der Waals surface area contributed by atoms with Crippen molar-refractivity contribution in [3.05, 3.63) is 48.0 Å². The van der Waals surface area contributed by atoms with E-state index < -0.39 is 0 Å². The minimum atomic E-state index is -0.103. The third kappa shape index (κ3) is 4.28. The molecule has 1 unspecified atom stereocenters. The van der Waals surface area contributed by atoms with Crippen LogP contribution in [0, 0.1) is 0 Å². The number of hydrogen-bond donors (Lipinski definition) is 2. The fraction of sp³-hybridized carbons (Fsp3) is 0.478. The largest absolute Gasteiger partial charge is 0.506 e. The third-order valence-electron chi connectivity index (χ3n) is 5.52. The molecule has 1 saturated heterocycles. The van der Waals surface area contributed by atoms with E-state index in [0.29, 0.717) is 5.69 Å². The zero-order chi connectivity index (χ0) is 20.8. The number of benzene rings is 2. The maximum absolute atomic E-state index is 10.4. The summed E-state index contributed by atoms with van der Waals surface area (Å²) in [5.41, 5.74) is 3.20. The SMILES string of the molecule is CC(OC1CC(C)(C)NC(C)(C)C1)c1ccc(O)c(-n2nc3ccccc3n2)c1. The first-order valence-electron chi connectivity index (χ1n) is 10.2. The smallest absolute Gasteiger partial charge is 0.143 e. The molecule has 0 spiro atoms. The van der Waals surface area contributed by atoms with E-state index in [2.05, 4.69) is 50.1 Å². The highest BCUT2D eigenvalue weighted by Gasteiger charge is 2.38. The van der Waals surface area contributed by atoms with Gasteiger partial charge in [-0.25, -0.2) is 0 Å². The molecule has 2 aromatic carbocycles. The number of rotatable bonds is 4. The van der Waals surface area contributed by atoms with Crippen LogP contribution in [0.2, 0.25) is 0 Å². The Morgan fingerprint density at radius 2 is 1.62 bits per heavy atom. The molecule has 1 fully saturated rings. The van der Waals surface area contributed by atoms with Crippen molar-refractivity contribution in [1.29, 1.82) is 0 Å². The summed E-state index contributed by atoms with van der Waals surface area (Å²) >= 11 is 0. The Hall–Kier alpha value is -2.44. The van der Waals surface area contributed by atoms with E-state index in [9.17, 15) is 5.11 Å². The van der Waals surface area contributed by atoms with Crippen LogP contribution in [0.15, 0.2) is 42.5 Å². The van der Waals surface area contributed by atoms with Gasteiger partial charge in [-0.3, -0.25) is 0 Å². The van der Waals surface area contributed by atoms with Crippen LogP contribution in [0.5, 0.6) is 5.75 Å². The molecule has 1 aliphatic heterocycles. The van der Waals surface area contributed by atoms with E-state index in [1.165, 1.54) is 4.80 Å². The summed E-state index contributed by atoms with van der Waals surface area (Å²) in [7, 11) is 0. The molecular formula is C23H30N4O2. The summed E-state index contributed by atoms with van der Waals surface area (Å²) in [6.45, 7) is 11.0. The van der Waals surface area contributed by atoms with Crippen LogP contribution in [0.1, 0.15) is 59.1 Å². The number of nitrogens with zero attached hydrogens (tertiary/aromatic N) is 3. The van der Waals surface area contributed by atoms with Crippen molar-refractivity contribution in [2.24, 2.45) is 0 Å². The molecule has 154 valence electrons. The molecule has 29 heavy (non-hydrogen) atoms. The molecule has 6 heteroatoms. The summed E-state index contributed by atoms with van der Waals surface area (Å²) < 4.78 is 6.47. The average molecular weight is 395 g/mol. The molecule has 0 bridgehead atoms. The van der Waals surface area contributed by atoms with Crippen molar-refractivity contribution in [3.8, 4) is 11.4 Å². The molecule has 0 aliphatic carbocycles. The summed E-state index contributed by atoms with van der Waals surface area (Å²) in [6.07, 6.45) is 1.98. The highest BCUT2D eigenvalue weighted by Crippen LogP contribution is 2.34. The molecule has 4 rings (SSSR count). The third-order valence-corrected chi connectivity index (χ3v) is 5.52. The van der Waals surface area contributed by atoms with Crippen molar-refractivity contribution < 1.29 is 9.84 Å². The minimum absolute atomic E-state index is 0.0331. The van der Waals surface area contributed by atoms with E-state index >= 15 is 0 Å². The summed E-state index contributed by atoms with van der Waals surface area (Å²) in [6, 6.07) is 13.2. The van der Waals surface area contributed by atoms with Gasteiger partial charge in [0.1, 0.15) is 22.5 Å². The highest BCUT2D eigenvalue weighted by atomic mass is 16.5. The molecule has 1 aliphatic rings. The highest BCUT2D eigenvalue weighted by molar-refractivity contribution is 5.73. The Kier molecular flexibility index (Phi) is 4.87. The van der Waals surface area contributed by atoms with Crippen LogP contribution >= 0.6 is 0 Å². The van der Waals surface area contributed by atoms with Gasteiger partial charge in [0.25, 0.3) is 0 Å². The summed E-state index contributed by atoms with van der Waals surface area (Å²) in [4.78, 5) is 1.49. The Morgan fingerprint density at radius 3 is 2.21 bits per heavy atom. The van der Waals surface area contributed by atoms with Gasteiger partial charge in [-0.2, -0.15) is 0 Å². The van der Waals surface area contributed by atoms with Gasteiger partial charge in [-0.1, -0.05) is 18.2 Å². The maximum atomic E-state index is 10.4. The van der Waals surface area contributed by atoms with Crippen LogP contribution in [0.3, 0.4) is 0 Å². The van der Waals surface area contributed by atoms with Crippen molar-refractivity contribution in [2.75, 3.05) is 0 Å². The van der Waals surface area contributed by atoms with Crippen molar-refractivity contribution >= 4 is 11.0 Å². The zero-order valence-corrected chi connectivity index (χ0v) is 17.8. The quantitative estimate of drug-likeness (QED) is 0.681. The molecule has 6 nitrogen and oxygen atoms in total. The minimum Gasteiger partial charge on any atom is -0.506 e. The van der Waals surface area contributed by atoms with Crippen LogP contribution in [-0.2, 0) is 4.74 Å². The Balaban J connectivity index is 1.58. The molecule has 2 heterocycles. The van der Waals surface area contributed by atoms with Gasteiger partial charge in [0, 0.05) is 11.1 Å². The first-order chi connectivity index (χ1) is 13.6. The number of aromatic hydroxyl groups is 1. The number of phenols is 1. The number of piperidine rings is 1. The van der Waals surface area contributed by atoms with Gasteiger partial charge in [0.15, 0.2) is 0 Å². The van der Waals surface area contributed by atoms with E-state index in [0.717, 1.165) is 29.4 Å². The monoisotopic (exact) mass is 394 g/mol. The number of phenolic OH excluding ortho intramolecular Hbond substituents is 1. The van der Waals surface area contributed by atoms with Gasteiger partial charge in [-0.05, 0) is 77.3 Å². The molecule has 0 amide bonds. The van der Waals surface area contributed by atoms with E-state index in [1.807, 2.05) is 36.4 Å². The number of aromatic nitrogens is 3.